The lowest BCUT2D eigenvalue weighted by atomic mass is 10.3. The van der Waals surface area contributed by atoms with Crippen molar-refractivity contribution in [3.05, 3.63) is 42.4 Å². The number of H-pyrrole nitrogens is 1. The highest BCUT2D eigenvalue weighted by Crippen LogP contribution is 2.34. The second-order valence-corrected chi connectivity index (χ2v) is 7.05. The molecule has 23 heavy (non-hydrogen) atoms. The molecule has 0 aliphatic carbocycles. The van der Waals surface area contributed by atoms with Crippen molar-refractivity contribution in [2.75, 3.05) is 0 Å². The second-order valence-electron chi connectivity index (χ2n) is 5.09. The van der Waals surface area contributed by atoms with Crippen molar-refractivity contribution >= 4 is 49.3 Å². The largest absolute Gasteiger partial charge is 0.346 e. The van der Waals surface area contributed by atoms with Crippen LogP contribution in [-0.2, 0) is 0 Å². The molecule has 0 saturated carbocycles. The average molecular weight is 338 g/mol. The zero-order valence-corrected chi connectivity index (χ0v) is 13.6. The van der Waals surface area contributed by atoms with E-state index in [0.717, 1.165) is 37.5 Å². The number of rotatable bonds is 2. The van der Waals surface area contributed by atoms with Gasteiger partial charge in [-0.1, -0.05) is 23.5 Å². The van der Waals surface area contributed by atoms with Crippen LogP contribution in [0.4, 0.5) is 0 Å². The van der Waals surface area contributed by atoms with Gasteiger partial charge in [0.1, 0.15) is 16.5 Å². The Hall–Kier alpha value is -2.45. The van der Waals surface area contributed by atoms with Gasteiger partial charge in [0.2, 0.25) is 10.1 Å². The molecule has 0 unspecified atom stereocenters. The first-order valence-corrected chi connectivity index (χ1v) is 8.65. The maximum absolute atomic E-state index is 4.57. The smallest absolute Gasteiger partial charge is 0.217 e. The number of hydrogen-bond donors (Lipinski definition) is 1. The summed E-state index contributed by atoms with van der Waals surface area (Å²) in [5.74, 6) is 0.735. The summed E-state index contributed by atoms with van der Waals surface area (Å²) in [6.45, 7) is 1.89. The number of aromatic nitrogens is 6. The number of nitrogens with one attached hydrogen (secondary N) is 1. The summed E-state index contributed by atoms with van der Waals surface area (Å²) < 4.78 is 3.28. The summed E-state index contributed by atoms with van der Waals surface area (Å²) in [7, 11) is 0. The lowest BCUT2D eigenvalue weighted by molar-refractivity contribution is 0.931. The zero-order chi connectivity index (χ0) is 15.4. The van der Waals surface area contributed by atoms with Gasteiger partial charge in [-0.15, -0.1) is 10.2 Å². The molecule has 0 aliphatic heterocycles. The van der Waals surface area contributed by atoms with Crippen LogP contribution in [0.2, 0.25) is 0 Å². The van der Waals surface area contributed by atoms with Crippen LogP contribution < -0.4 is 0 Å². The molecule has 0 amide bonds. The van der Waals surface area contributed by atoms with Gasteiger partial charge >= 0.3 is 0 Å². The molecule has 0 fully saturated rings. The van der Waals surface area contributed by atoms with Gasteiger partial charge in [-0.3, -0.25) is 4.40 Å². The number of aryl methyl sites for hydroxylation is 1. The molecule has 0 aliphatic rings. The normalized spacial score (nSPS) is 11.9. The van der Waals surface area contributed by atoms with Gasteiger partial charge in [-0.25, -0.2) is 9.97 Å². The molecule has 6 nitrogen and oxygen atoms in total. The van der Waals surface area contributed by atoms with Crippen molar-refractivity contribution < 1.29 is 0 Å². The molecule has 0 saturated heterocycles. The van der Waals surface area contributed by atoms with Gasteiger partial charge in [-0.2, -0.15) is 0 Å². The number of nitrogens with zero attached hydrogens (tertiary/aromatic N) is 5. The van der Waals surface area contributed by atoms with E-state index in [-0.39, 0.29) is 0 Å². The molecule has 8 heteroatoms. The summed E-state index contributed by atoms with van der Waals surface area (Å²) in [4.78, 5) is 13.0. The molecule has 0 spiro atoms. The second kappa shape index (κ2) is 4.77. The van der Waals surface area contributed by atoms with Crippen LogP contribution in [0.3, 0.4) is 0 Å². The molecule has 1 N–H and O–H groups in total. The Bertz CT molecular complexity index is 1170. The molecular weight excluding hydrogens is 328 g/mol. The molecule has 4 aromatic heterocycles. The lowest BCUT2D eigenvalue weighted by Crippen LogP contribution is -1.93. The van der Waals surface area contributed by atoms with Crippen LogP contribution in [0.15, 0.2) is 46.7 Å². The fourth-order valence-electron chi connectivity index (χ4n) is 2.61. The van der Waals surface area contributed by atoms with E-state index in [1.807, 2.05) is 31.3 Å². The summed E-state index contributed by atoms with van der Waals surface area (Å²) in [5.41, 5.74) is 1.96. The fourth-order valence-corrected chi connectivity index (χ4v) is 4.61. The predicted molar refractivity (Wildman–Crippen MR) is 91.1 cm³/mol. The highest BCUT2D eigenvalue weighted by molar-refractivity contribution is 7.99. The number of para-hydroxylation sites is 1. The van der Waals surface area contributed by atoms with E-state index in [0.29, 0.717) is 0 Å². The van der Waals surface area contributed by atoms with Crippen molar-refractivity contribution in [3.63, 3.8) is 0 Å². The van der Waals surface area contributed by atoms with Crippen molar-refractivity contribution in [1.82, 2.24) is 29.5 Å². The Labute approximate surface area is 138 Å². The van der Waals surface area contributed by atoms with Crippen LogP contribution in [-0.4, -0.2) is 29.5 Å². The number of fused-ring (bicyclic) bond motifs is 4. The predicted octanol–water partition coefficient (Wildman–Crippen LogP) is 3.67. The number of aromatic amines is 1. The third kappa shape index (κ3) is 1.95. The minimum Gasteiger partial charge on any atom is -0.346 e. The van der Waals surface area contributed by atoms with E-state index in [4.69, 9.17) is 0 Å². The van der Waals surface area contributed by atoms with Crippen molar-refractivity contribution in [2.45, 2.75) is 17.1 Å². The molecule has 0 bridgehead atoms. The zero-order valence-electron chi connectivity index (χ0n) is 12.0. The lowest BCUT2D eigenvalue weighted by Gasteiger charge is -2.02. The maximum atomic E-state index is 4.57. The Kier molecular flexibility index (Phi) is 2.70. The highest BCUT2D eigenvalue weighted by Gasteiger charge is 2.16. The van der Waals surface area contributed by atoms with E-state index >= 15 is 0 Å². The minimum absolute atomic E-state index is 0.735. The Morgan fingerprint density at radius 1 is 1.13 bits per heavy atom. The van der Waals surface area contributed by atoms with E-state index in [1.165, 1.54) is 16.5 Å². The molecule has 5 rings (SSSR count). The highest BCUT2D eigenvalue weighted by atomic mass is 32.2. The monoisotopic (exact) mass is 338 g/mol. The molecule has 0 atom stereocenters. The van der Waals surface area contributed by atoms with Gasteiger partial charge in [0, 0.05) is 6.20 Å². The summed E-state index contributed by atoms with van der Waals surface area (Å²) in [6, 6.07) is 10.2. The first kappa shape index (κ1) is 13.0. The Morgan fingerprint density at radius 3 is 3.00 bits per heavy atom. The van der Waals surface area contributed by atoms with E-state index < -0.39 is 0 Å². The van der Waals surface area contributed by atoms with Gasteiger partial charge < -0.3 is 4.98 Å². The van der Waals surface area contributed by atoms with E-state index in [9.17, 15) is 0 Å². The van der Waals surface area contributed by atoms with Crippen molar-refractivity contribution in [2.24, 2.45) is 0 Å². The average Bonchev–Trinajstić information content (AvgIpc) is 3.22. The third-order valence-corrected chi connectivity index (χ3v) is 5.55. The van der Waals surface area contributed by atoms with Crippen LogP contribution in [0.5, 0.6) is 0 Å². The SMILES string of the molecule is Cc1nc(Sc2nnc3sc4ccccc4n23)c2cc[nH]c2n1. The van der Waals surface area contributed by atoms with Crippen molar-refractivity contribution in [3.8, 4) is 0 Å². The van der Waals surface area contributed by atoms with Crippen LogP contribution in [0.1, 0.15) is 5.82 Å². The molecular formula is C15H10N6S2. The van der Waals surface area contributed by atoms with Crippen molar-refractivity contribution in [1.29, 1.82) is 0 Å². The fraction of sp³-hybridized carbons (Fsp3) is 0.0667. The number of thiazole rings is 1. The molecule has 1 aromatic carbocycles. The summed E-state index contributed by atoms with van der Waals surface area (Å²) >= 11 is 3.16. The molecule has 112 valence electrons. The van der Waals surface area contributed by atoms with Gasteiger partial charge in [0.15, 0.2) is 0 Å². The van der Waals surface area contributed by atoms with Crippen LogP contribution in [0, 0.1) is 6.92 Å². The molecule has 5 aromatic rings. The van der Waals surface area contributed by atoms with Crippen LogP contribution >= 0.6 is 23.1 Å². The number of hydrogen-bond acceptors (Lipinski definition) is 6. The molecule has 4 heterocycles. The van der Waals surface area contributed by atoms with Crippen LogP contribution in [0.25, 0.3) is 26.2 Å². The quantitative estimate of drug-likeness (QED) is 0.497. The summed E-state index contributed by atoms with van der Waals surface area (Å²) in [6.07, 6.45) is 1.88. The van der Waals surface area contributed by atoms with E-state index in [2.05, 4.69) is 41.7 Å². The maximum Gasteiger partial charge on any atom is 0.217 e. The Balaban J connectivity index is 1.72. The Morgan fingerprint density at radius 2 is 2.04 bits per heavy atom. The third-order valence-electron chi connectivity index (χ3n) is 3.59. The van der Waals surface area contributed by atoms with Gasteiger partial charge in [-0.05, 0) is 36.9 Å². The molecule has 0 radical (unpaired) electrons. The first-order valence-electron chi connectivity index (χ1n) is 7.02. The topological polar surface area (TPSA) is 71.8 Å². The minimum atomic E-state index is 0.735. The van der Waals surface area contributed by atoms with Gasteiger partial charge in [0.05, 0.1) is 15.6 Å². The summed E-state index contributed by atoms with van der Waals surface area (Å²) in [5, 5.41) is 11.3. The van der Waals surface area contributed by atoms with E-state index in [1.54, 1.807) is 11.3 Å². The number of benzene rings is 1. The van der Waals surface area contributed by atoms with Gasteiger partial charge in [0.25, 0.3) is 0 Å². The first-order chi connectivity index (χ1) is 11.3. The standard InChI is InChI=1S/C15H10N6S2/c1-8-17-12-9(6-7-16-12)13(18-8)23-15-20-19-14-21(15)10-4-2-3-5-11(10)22-14/h2-7H,1H3,(H,16,17,18).